The average molecular weight is 337 g/mol. The van der Waals surface area contributed by atoms with Crippen molar-refractivity contribution in [3.8, 4) is 0 Å². The molecule has 0 spiro atoms. The van der Waals surface area contributed by atoms with Gasteiger partial charge in [-0.3, -0.25) is 9.59 Å². The first kappa shape index (κ1) is 16.3. The number of nitrogens with one attached hydrogen (secondary N) is 2. The van der Waals surface area contributed by atoms with Crippen molar-refractivity contribution in [2.45, 2.75) is 13.8 Å². The summed E-state index contributed by atoms with van der Waals surface area (Å²) in [6.07, 6.45) is 0. The molecule has 22 heavy (non-hydrogen) atoms. The van der Waals surface area contributed by atoms with Crippen LogP contribution in [0.2, 0.25) is 10.0 Å². The van der Waals surface area contributed by atoms with Crippen LogP contribution in [0.25, 0.3) is 0 Å². The summed E-state index contributed by atoms with van der Waals surface area (Å²) in [5.74, 6) is -1.59. The van der Waals surface area contributed by atoms with Crippen LogP contribution in [-0.4, -0.2) is 11.8 Å². The molecule has 0 atom stereocenters. The van der Waals surface area contributed by atoms with Gasteiger partial charge < -0.3 is 10.6 Å². The molecule has 4 nitrogen and oxygen atoms in total. The third kappa shape index (κ3) is 3.78. The fraction of sp³-hybridized carbons (Fsp3) is 0.125. The summed E-state index contributed by atoms with van der Waals surface area (Å²) in [6.45, 7) is 3.75. The molecule has 2 amide bonds. The summed E-state index contributed by atoms with van der Waals surface area (Å²) >= 11 is 11.8. The molecule has 2 aromatic carbocycles. The van der Waals surface area contributed by atoms with Crippen LogP contribution in [0.5, 0.6) is 0 Å². The molecule has 0 saturated heterocycles. The van der Waals surface area contributed by atoms with E-state index in [9.17, 15) is 9.59 Å². The van der Waals surface area contributed by atoms with Gasteiger partial charge in [-0.1, -0.05) is 41.4 Å². The Morgan fingerprint density at radius 3 is 2.23 bits per heavy atom. The number of hydrogen-bond acceptors (Lipinski definition) is 2. The van der Waals surface area contributed by atoms with Gasteiger partial charge >= 0.3 is 11.8 Å². The molecule has 0 saturated carbocycles. The van der Waals surface area contributed by atoms with E-state index >= 15 is 0 Å². The Hall–Kier alpha value is -2.04. The fourth-order valence-corrected chi connectivity index (χ4v) is 2.18. The van der Waals surface area contributed by atoms with Crippen LogP contribution < -0.4 is 10.6 Å². The zero-order chi connectivity index (χ0) is 16.3. The maximum Gasteiger partial charge on any atom is 0.314 e. The third-order valence-electron chi connectivity index (χ3n) is 3.05. The van der Waals surface area contributed by atoms with Crippen molar-refractivity contribution in [2.24, 2.45) is 0 Å². The molecule has 0 unspecified atom stereocenters. The van der Waals surface area contributed by atoms with Gasteiger partial charge in [-0.25, -0.2) is 0 Å². The molecule has 0 aliphatic heterocycles. The highest BCUT2D eigenvalue weighted by atomic mass is 35.5. The molecule has 0 aliphatic carbocycles. The molecular weight excluding hydrogens is 323 g/mol. The van der Waals surface area contributed by atoms with Crippen molar-refractivity contribution < 1.29 is 9.59 Å². The predicted molar refractivity (Wildman–Crippen MR) is 89.6 cm³/mol. The highest BCUT2D eigenvalue weighted by molar-refractivity contribution is 6.47. The Balaban J connectivity index is 2.11. The van der Waals surface area contributed by atoms with Crippen LogP contribution in [0.3, 0.4) is 0 Å². The number of rotatable bonds is 2. The van der Waals surface area contributed by atoms with E-state index in [-0.39, 0.29) is 10.7 Å². The summed E-state index contributed by atoms with van der Waals surface area (Å²) in [5, 5.41) is 5.51. The van der Waals surface area contributed by atoms with Crippen LogP contribution >= 0.6 is 23.2 Å². The molecule has 2 N–H and O–H groups in total. The Labute approximate surface area is 138 Å². The molecule has 0 heterocycles. The molecule has 0 aliphatic rings. The number of benzene rings is 2. The highest BCUT2D eigenvalue weighted by Gasteiger charge is 2.17. The van der Waals surface area contributed by atoms with Gasteiger partial charge in [0.25, 0.3) is 0 Å². The number of amides is 2. The maximum atomic E-state index is 12.0. The number of carbonyl (C=O) groups is 2. The van der Waals surface area contributed by atoms with E-state index in [0.29, 0.717) is 10.7 Å². The second-order valence-electron chi connectivity index (χ2n) is 4.83. The van der Waals surface area contributed by atoms with Crippen LogP contribution in [0, 0.1) is 13.8 Å². The minimum atomic E-state index is -0.815. The fourth-order valence-electron chi connectivity index (χ4n) is 1.83. The smallest absolute Gasteiger partial charge is 0.314 e. The van der Waals surface area contributed by atoms with Crippen LogP contribution in [-0.2, 0) is 9.59 Å². The van der Waals surface area contributed by atoms with Gasteiger partial charge in [0, 0.05) is 5.69 Å². The van der Waals surface area contributed by atoms with Gasteiger partial charge in [-0.2, -0.15) is 0 Å². The number of halogens is 2. The first-order valence-electron chi connectivity index (χ1n) is 6.52. The average Bonchev–Trinajstić information content (AvgIpc) is 2.47. The first-order valence-corrected chi connectivity index (χ1v) is 7.27. The van der Waals surface area contributed by atoms with E-state index in [1.807, 2.05) is 26.0 Å². The zero-order valence-electron chi connectivity index (χ0n) is 12.0. The highest BCUT2D eigenvalue weighted by Crippen LogP contribution is 2.29. The number of aryl methyl sites for hydroxylation is 2. The van der Waals surface area contributed by atoms with Gasteiger partial charge in [-0.05, 0) is 43.2 Å². The molecule has 6 heteroatoms. The summed E-state index contributed by atoms with van der Waals surface area (Å²) < 4.78 is 0. The van der Waals surface area contributed by atoms with E-state index in [1.165, 1.54) is 0 Å². The number of carbonyl (C=O) groups excluding carboxylic acids is 2. The van der Waals surface area contributed by atoms with Crippen molar-refractivity contribution in [1.29, 1.82) is 0 Å². The summed E-state index contributed by atoms with van der Waals surface area (Å²) in [6, 6.07) is 10.4. The van der Waals surface area contributed by atoms with Crippen molar-refractivity contribution in [3.05, 3.63) is 57.6 Å². The monoisotopic (exact) mass is 336 g/mol. The molecule has 0 aromatic heterocycles. The van der Waals surface area contributed by atoms with Crippen molar-refractivity contribution in [1.82, 2.24) is 0 Å². The first-order chi connectivity index (χ1) is 10.4. The SMILES string of the molecule is Cc1ccc(C)c(NC(=O)C(=O)Nc2cccc(Cl)c2Cl)c1. The van der Waals surface area contributed by atoms with Crippen molar-refractivity contribution >= 4 is 46.4 Å². The van der Waals surface area contributed by atoms with Gasteiger partial charge in [0.15, 0.2) is 0 Å². The molecular formula is C16H14Cl2N2O2. The van der Waals surface area contributed by atoms with E-state index in [0.717, 1.165) is 11.1 Å². The Morgan fingerprint density at radius 2 is 1.55 bits per heavy atom. The van der Waals surface area contributed by atoms with Crippen molar-refractivity contribution in [3.63, 3.8) is 0 Å². The van der Waals surface area contributed by atoms with E-state index in [2.05, 4.69) is 10.6 Å². The van der Waals surface area contributed by atoms with E-state index in [1.54, 1.807) is 24.3 Å². The van der Waals surface area contributed by atoms with Gasteiger partial charge in [0.1, 0.15) is 0 Å². The molecule has 2 rings (SSSR count). The second kappa shape index (κ2) is 6.81. The Kier molecular flexibility index (Phi) is 5.06. The number of hydrogen-bond donors (Lipinski definition) is 2. The van der Waals surface area contributed by atoms with Crippen LogP contribution in [0.1, 0.15) is 11.1 Å². The minimum Gasteiger partial charge on any atom is -0.318 e. The van der Waals surface area contributed by atoms with Gasteiger partial charge in [0.05, 0.1) is 15.7 Å². The lowest BCUT2D eigenvalue weighted by Crippen LogP contribution is -2.29. The summed E-state index contributed by atoms with van der Waals surface area (Å²) in [7, 11) is 0. The molecule has 0 radical (unpaired) electrons. The Morgan fingerprint density at radius 1 is 0.909 bits per heavy atom. The lowest BCUT2D eigenvalue weighted by Gasteiger charge is -2.10. The van der Waals surface area contributed by atoms with Gasteiger partial charge in [0.2, 0.25) is 0 Å². The quantitative estimate of drug-likeness (QED) is 0.808. The second-order valence-corrected chi connectivity index (χ2v) is 5.61. The summed E-state index contributed by atoms with van der Waals surface area (Å²) in [4.78, 5) is 23.9. The third-order valence-corrected chi connectivity index (χ3v) is 3.87. The lowest BCUT2D eigenvalue weighted by molar-refractivity contribution is -0.133. The van der Waals surface area contributed by atoms with Crippen LogP contribution in [0.15, 0.2) is 36.4 Å². The lowest BCUT2D eigenvalue weighted by atomic mass is 10.1. The Bertz CT molecular complexity index is 731. The van der Waals surface area contributed by atoms with E-state index < -0.39 is 11.8 Å². The van der Waals surface area contributed by atoms with E-state index in [4.69, 9.17) is 23.2 Å². The molecule has 114 valence electrons. The van der Waals surface area contributed by atoms with Gasteiger partial charge in [-0.15, -0.1) is 0 Å². The normalized spacial score (nSPS) is 10.2. The van der Waals surface area contributed by atoms with Crippen LogP contribution in [0.4, 0.5) is 11.4 Å². The summed E-state index contributed by atoms with van der Waals surface area (Å²) in [5.41, 5.74) is 2.74. The zero-order valence-corrected chi connectivity index (χ0v) is 13.5. The maximum absolute atomic E-state index is 12.0. The molecule has 0 bridgehead atoms. The molecule has 2 aromatic rings. The minimum absolute atomic E-state index is 0.192. The van der Waals surface area contributed by atoms with Crippen molar-refractivity contribution in [2.75, 3.05) is 10.6 Å². The molecule has 0 fully saturated rings. The number of anilines is 2. The predicted octanol–water partition coefficient (Wildman–Crippen LogP) is 4.19. The topological polar surface area (TPSA) is 58.2 Å². The standard InChI is InChI=1S/C16H14Cl2N2O2/c1-9-6-7-10(2)13(8-9)20-16(22)15(21)19-12-5-3-4-11(17)14(12)18/h3-8H,1-2H3,(H,19,21)(H,20,22). The largest absolute Gasteiger partial charge is 0.318 e.